The molecular weight excluding hydrogens is 314 g/mol. The molecule has 0 aromatic carbocycles. The summed E-state index contributed by atoms with van der Waals surface area (Å²) in [4.78, 5) is 18.5. The molecule has 1 aliphatic heterocycles. The highest BCUT2D eigenvalue weighted by molar-refractivity contribution is 7.91. The summed E-state index contributed by atoms with van der Waals surface area (Å²) < 4.78 is 23.3. The maximum Gasteiger partial charge on any atom is 0.272 e. The van der Waals surface area contributed by atoms with Crippen LogP contribution in [0, 0.1) is 0 Å². The Balaban J connectivity index is 2.10. The SMILES string of the molecule is CCCCNc1ccnc(C(=O)N(CC)C2CCS(=O)(=O)C2)c1. The van der Waals surface area contributed by atoms with Crippen LogP contribution in [-0.2, 0) is 9.84 Å². The van der Waals surface area contributed by atoms with Crippen molar-refractivity contribution < 1.29 is 13.2 Å². The monoisotopic (exact) mass is 339 g/mol. The van der Waals surface area contributed by atoms with Crippen molar-refractivity contribution in [1.29, 1.82) is 0 Å². The summed E-state index contributed by atoms with van der Waals surface area (Å²) in [7, 11) is -3.02. The molecule has 7 heteroatoms. The average Bonchev–Trinajstić information content (AvgIpc) is 2.88. The van der Waals surface area contributed by atoms with Gasteiger partial charge in [-0.1, -0.05) is 13.3 Å². The van der Waals surface area contributed by atoms with Gasteiger partial charge in [0.2, 0.25) is 0 Å². The summed E-state index contributed by atoms with van der Waals surface area (Å²) in [5.41, 5.74) is 1.23. The van der Waals surface area contributed by atoms with E-state index in [-0.39, 0.29) is 23.5 Å². The molecule has 1 fully saturated rings. The number of sulfone groups is 1. The van der Waals surface area contributed by atoms with Gasteiger partial charge in [0.25, 0.3) is 5.91 Å². The van der Waals surface area contributed by atoms with Crippen molar-refractivity contribution in [3.05, 3.63) is 24.0 Å². The van der Waals surface area contributed by atoms with Crippen molar-refractivity contribution in [2.24, 2.45) is 0 Å². The zero-order valence-electron chi connectivity index (χ0n) is 13.8. The number of unbranched alkanes of at least 4 members (excludes halogenated alkanes) is 1. The largest absolute Gasteiger partial charge is 0.385 e. The number of rotatable bonds is 7. The Hall–Kier alpha value is -1.63. The van der Waals surface area contributed by atoms with Crippen LogP contribution in [0.3, 0.4) is 0 Å². The lowest BCUT2D eigenvalue weighted by atomic mass is 10.2. The van der Waals surface area contributed by atoms with Gasteiger partial charge in [0.15, 0.2) is 9.84 Å². The summed E-state index contributed by atoms with van der Waals surface area (Å²) in [5, 5.41) is 3.27. The summed E-state index contributed by atoms with van der Waals surface area (Å²) in [5.74, 6) is 0.0165. The molecule has 23 heavy (non-hydrogen) atoms. The van der Waals surface area contributed by atoms with E-state index in [0.717, 1.165) is 25.1 Å². The number of carbonyl (C=O) groups excluding carboxylic acids is 1. The van der Waals surface area contributed by atoms with E-state index in [0.29, 0.717) is 18.7 Å². The van der Waals surface area contributed by atoms with E-state index < -0.39 is 9.84 Å². The number of nitrogens with one attached hydrogen (secondary N) is 1. The van der Waals surface area contributed by atoms with Crippen LogP contribution in [-0.4, -0.2) is 54.8 Å². The maximum absolute atomic E-state index is 12.7. The summed E-state index contributed by atoms with van der Waals surface area (Å²) in [6.45, 7) is 5.32. The van der Waals surface area contributed by atoms with Crippen LogP contribution < -0.4 is 5.32 Å². The standard InChI is InChI=1S/C16H25N3O3S/c1-3-5-8-17-13-6-9-18-15(11-13)16(20)19(4-2)14-7-10-23(21,22)12-14/h6,9,11,14H,3-5,7-8,10,12H2,1-2H3,(H,17,18). The van der Waals surface area contributed by atoms with Gasteiger partial charge in [-0.25, -0.2) is 8.42 Å². The number of hydrogen-bond donors (Lipinski definition) is 1. The van der Waals surface area contributed by atoms with Crippen molar-refractivity contribution in [3.8, 4) is 0 Å². The molecule has 0 bridgehead atoms. The molecule has 128 valence electrons. The molecule has 1 aromatic rings. The fourth-order valence-corrected chi connectivity index (χ4v) is 4.53. The molecule has 1 aromatic heterocycles. The molecule has 1 N–H and O–H groups in total. The Labute approximate surface area is 138 Å². The van der Waals surface area contributed by atoms with E-state index in [2.05, 4.69) is 17.2 Å². The minimum Gasteiger partial charge on any atom is -0.385 e. The van der Waals surface area contributed by atoms with E-state index in [9.17, 15) is 13.2 Å². The van der Waals surface area contributed by atoms with Gasteiger partial charge >= 0.3 is 0 Å². The van der Waals surface area contributed by atoms with Gasteiger partial charge in [0.05, 0.1) is 11.5 Å². The second-order valence-corrected chi connectivity index (χ2v) is 8.09. The quantitative estimate of drug-likeness (QED) is 0.768. The lowest BCUT2D eigenvalue weighted by molar-refractivity contribution is 0.0702. The molecule has 6 nitrogen and oxygen atoms in total. The minimum absolute atomic E-state index is 0.0566. The smallest absolute Gasteiger partial charge is 0.272 e. The van der Waals surface area contributed by atoms with E-state index in [1.54, 1.807) is 17.2 Å². The highest BCUT2D eigenvalue weighted by atomic mass is 32.2. The second kappa shape index (κ2) is 7.77. The lowest BCUT2D eigenvalue weighted by Gasteiger charge is -2.26. The van der Waals surface area contributed by atoms with E-state index in [4.69, 9.17) is 0 Å². The molecule has 2 heterocycles. The fourth-order valence-electron chi connectivity index (χ4n) is 2.80. The number of hydrogen-bond acceptors (Lipinski definition) is 5. The van der Waals surface area contributed by atoms with E-state index in [1.165, 1.54) is 0 Å². The van der Waals surface area contributed by atoms with Crippen LogP contribution in [0.25, 0.3) is 0 Å². The van der Waals surface area contributed by atoms with Crippen LogP contribution in [0.4, 0.5) is 5.69 Å². The molecule has 1 amide bonds. The highest BCUT2D eigenvalue weighted by Crippen LogP contribution is 2.20. The fraction of sp³-hybridized carbons (Fsp3) is 0.625. The first-order chi connectivity index (χ1) is 11.0. The average molecular weight is 339 g/mol. The molecule has 0 radical (unpaired) electrons. The van der Waals surface area contributed by atoms with Crippen LogP contribution in [0.2, 0.25) is 0 Å². The maximum atomic E-state index is 12.7. The summed E-state index contributed by atoms with van der Waals surface area (Å²) in [6, 6.07) is 3.34. The topological polar surface area (TPSA) is 79.4 Å². The Morgan fingerprint density at radius 3 is 2.83 bits per heavy atom. The van der Waals surface area contributed by atoms with Gasteiger partial charge < -0.3 is 10.2 Å². The third kappa shape index (κ3) is 4.67. The molecule has 1 saturated heterocycles. The Morgan fingerprint density at radius 2 is 2.22 bits per heavy atom. The third-order valence-electron chi connectivity index (χ3n) is 4.09. The van der Waals surface area contributed by atoms with Crippen molar-refractivity contribution in [3.63, 3.8) is 0 Å². The predicted molar refractivity (Wildman–Crippen MR) is 91.4 cm³/mol. The molecule has 2 rings (SSSR count). The minimum atomic E-state index is -3.02. The number of amides is 1. The van der Waals surface area contributed by atoms with Crippen molar-refractivity contribution in [2.75, 3.05) is 29.9 Å². The number of pyridine rings is 1. The molecular formula is C16H25N3O3S. The summed E-state index contributed by atoms with van der Waals surface area (Å²) in [6.07, 6.45) is 4.29. The van der Waals surface area contributed by atoms with Crippen molar-refractivity contribution >= 4 is 21.4 Å². The zero-order chi connectivity index (χ0) is 16.9. The Morgan fingerprint density at radius 1 is 1.43 bits per heavy atom. The first-order valence-electron chi connectivity index (χ1n) is 8.18. The molecule has 1 unspecified atom stereocenters. The molecule has 0 saturated carbocycles. The van der Waals surface area contributed by atoms with Crippen LogP contribution in [0.1, 0.15) is 43.6 Å². The number of nitrogens with zero attached hydrogens (tertiary/aromatic N) is 2. The van der Waals surface area contributed by atoms with Gasteiger partial charge in [0.1, 0.15) is 5.69 Å². The second-order valence-electron chi connectivity index (χ2n) is 5.86. The number of aromatic nitrogens is 1. The Bertz CT molecular complexity index is 646. The third-order valence-corrected chi connectivity index (χ3v) is 5.84. The highest BCUT2D eigenvalue weighted by Gasteiger charge is 2.34. The summed E-state index contributed by atoms with van der Waals surface area (Å²) >= 11 is 0. The Kier molecular flexibility index (Phi) is 5.98. The normalized spacial score (nSPS) is 19.5. The lowest BCUT2D eigenvalue weighted by Crippen LogP contribution is -2.41. The first-order valence-corrected chi connectivity index (χ1v) is 10.00. The number of anilines is 1. The van der Waals surface area contributed by atoms with Crippen LogP contribution in [0.5, 0.6) is 0 Å². The zero-order valence-corrected chi connectivity index (χ0v) is 14.6. The van der Waals surface area contributed by atoms with E-state index >= 15 is 0 Å². The molecule has 1 aliphatic rings. The predicted octanol–water partition coefficient (Wildman–Crippen LogP) is 1.94. The van der Waals surface area contributed by atoms with Gasteiger partial charge in [0, 0.05) is 31.0 Å². The molecule has 0 aliphatic carbocycles. The van der Waals surface area contributed by atoms with Gasteiger partial charge in [-0.3, -0.25) is 9.78 Å². The van der Waals surface area contributed by atoms with Gasteiger partial charge in [-0.05, 0) is 31.9 Å². The van der Waals surface area contributed by atoms with Gasteiger partial charge in [-0.15, -0.1) is 0 Å². The molecule has 0 spiro atoms. The first kappa shape index (κ1) is 17.7. The molecule has 1 atom stereocenters. The van der Waals surface area contributed by atoms with Gasteiger partial charge in [-0.2, -0.15) is 0 Å². The van der Waals surface area contributed by atoms with Crippen molar-refractivity contribution in [1.82, 2.24) is 9.88 Å². The van der Waals surface area contributed by atoms with E-state index in [1.807, 2.05) is 13.0 Å². The van der Waals surface area contributed by atoms with Crippen LogP contribution >= 0.6 is 0 Å². The van der Waals surface area contributed by atoms with Crippen molar-refractivity contribution in [2.45, 2.75) is 39.2 Å². The van der Waals surface area contributed by atoms with Crippen LogP contribution in [0.15, 0.2) is 18.3 Å². The number of carbonyl (C=O) groups is 1.